The number of carbonyl (C=O) groups excluding carboxylic acids is 1. The van der Waals surface area contributed by atoms with Crippen molar-refractivity contribution in [2.45, 2.75) is 51.0 Å². The molecule has 0 amide bonds. The van der Waals surface area contributed by atoms with Crippen LogP contribution in [0.5, 0.6) is 0 Å². The zero-order chi connectivity index (χ0) is 12.6. The fourth-order valence-corrected chi connectivity index (χ4v) is 3.91. The van der Waals surface area contributed by atoms with E-state index in [0.717, 1.165) is 12.8 Å². The molecular formula is C12H24O3Si. The van der Waals surface area contributed by atoms with Gasteiger partial charge in [-0.25, -0.2) is 4.79 Å². The zero-order valence-electron chi connectivity index (χ0n) is 10.9. The van der Waals surface area contributed by atoms with Crippen molar-refractivity contribution < 1.29 is 14.3 Å². The van der Waals surface area contributed by atoms with E-state index in [1.807, 2.05) is 0 Å². The molecule has 0 bridgehead atoms. The SMILES string of the molecule is C=CC(=O)OC(CC)[SiH2]C(CC)C(C)OC. The van der Waals surface area contributed by atoms with Gasteiger partial charge in [0.15, 0.2) is 0 Å². The summed E-state index contributed by atoms with van der Waals surface area (Å²) in [6.07, 6.45) is 3.47. The molecule has 0 N–H and O–H groups in total. The predicted molar refractivity (Wildman–Crippen MR) is 69.4 cm³/mol. The van der Waals surface area contributed by atoms with Gasteiger partial charge in [0.2, 0.25) is 0 Å². The Kier molecular flexibility index (Phi) is 8.20. The maximum Gasteiger partial charge on any atom is 0.330 e. The maximum absolute atomic E-state index is 11.1. The molecule has 0 rings (SSSR count). The molecule has 0 aliphatic heterocycles. The summed E-state index contributed by atoms with van der Waals surface area (Å²) in [5.74, 6) is -0.306. The number of carbonyl (C=O) groups is 1. The molecule has 3 atom stereocenters. The van der Waals surface area contributed by atoms with Gasteiger partial charge in [0.25, 0.3) is 0 Å². The Labute approximate surface area is 101 Å². The smallest absolute Gasteiger partial charge is 0.330 e. The van der Waals surface area contributed by atoms with Gasteiger partial charge in [0.05, 0.1) is 21.4 Å². The van der Waals surface area contributed by atoms with E-state index in [-0.39, 0.29) is 17.8 Å². The van der Waals surface area contributed by atoms with Gasteiger partial charge in [-0.1, -0.05) is 26.8 Å². The van der Waals surface area contributed by atoms with E-state index >= 15 is 0 Å². The Morgan fingerprint density at radius 2 is 2.06 bits per heavy atom. The first-order chi connectivity index (χ1) is 7.58. The summed E-state index contributed by atoms with van der Waals surface area (Å²) in [5, 5.41) is 0. The van der Waals surface area contributed by atoms with E-state index in [4.69, 9.17) is 9.47 Å². The summed E-state index contributed by atoms with van der Waals surface area (Å²) < 4.78 is 10.7. The highest BCUT2D eigenvalue weighted by molar-refractivity contribution is 6.39. The average molecular weight is 244 g/mol. The monoisotopic (exact) mass is 244 g/mol. The van der Waals surface area contributed by atoms with E-state index in [1.54, 1.807) is 7.11 Å². The van der Waals surface area contributed by atoms with Crippen molar-refractivity contribution in [3.63, 3.8) is 0 Å². The number of esters is 1. The van der Waals surface area contributed by atoms with Crippen LogP contribution in [0.1, 0.15) is 33.6 Å². The second-order valence-corrected chi connectivity index (χ2v) is 6.45. The van der Waals surface area contributed by atoms with Crippen molar-refractivity contribution in [3.05, 3.63) is 12.7 Å². The van der Waals surface area contributed by atoms with E-state index < -0.39 is 9.52 Å². The fraction of sp³-hybridized carbons (Fsp3) is 0.750. The summed E-state index contributed by atoms with van der Waals surface area (Å²) >= 11 is 0. The molecule has 0 radical (unpaired) electrons. The highest BCUT2D eigenvalue weighted by Gasteiger charge is 2.22. The van der Waals surface area contributed by atoms with Gasteiger partial charge in [-0.2, -0.15) is 0 Å². The fourth-order valence-electron chi connectivity index (χ4n) is 1.73. The first-order valence-corrected chi connectivity index (χ1v) is 7.58. The van der Waals surface area contributed by atoms with Crippen molar-refractivity contribution in [3.8, 4) is 0 Å². The van der Waals surface area contributed by atoms with Crippen LogP contribution >= 0.6 is 0 Å². The number of methoxy groups -OCH3 is 1. The van der Waals surface area contributed by atoms with Gasteiger partial charge in [0.1, 0.15) is 0 Å². The molecule has 3 nitrogen and oxygen atoms in total. The Bertz CT molecular complexity index is 218. The van der Waals surface area contributed by atoms with Crippen molar-refractivity contribution >= 4 is 15.5 Å². The van der Waals surface area contributed by atoms with E-state index in [2.05, 4.69) is 27.4 Å². The Balaban J connectivity index is 4.26. The highest BCUT2D eigenvalue weighted by atomic mass is 28.2. The lowest BCUT2D eigenvalue weighted by atomic mass is 10.2. The Morgan fingerprint density at radius 3 is 2.44 bits per heavy atom. The molecule has 0 saturated heterocycles. The second-order valence-electron chi connectivity index (χ2n) is 4.02. The normalized spacial score (nSPS) is 17.0. The van der Waals surface area contributed by atoms with Gasteiger partial charge >= 0.3 is 5.97 Å². The molecular weight excluding hydrogens is 220 g/mol. The second kappa shape index (κ2) is 8.53. The molecule has 0 aliphatic carbocycles. The molecule has 0 aromatic heterocycles. The number of ether oxygens (including phenoxy) is 2. The first kappa shape index (κ1) is 15.4. The Hall–Kier alpha value is -0.613. The molecule has 0 fully saturated rings. The van der Waals surface area contributed by atoms with Gasteiger partial charge in [-0.15, -0.1) is 0 Å². The minimum absolute atomic E-state index is 0.105. The van der Waals surface area contributed by atoms with Crippen molar-refractivity contribution in [2.75, 3.05) is 7.11 Å². The number of hydrogen-bond donors (Lipinski definition) is 0. The third kappa shape index (κ3) is 5.46. The van der Waals surface area contributed by atoms with E-state index in [9.17, 15) is 4.79 Å². The van der Waals surface area contributed by atoms with Gasteiger partial charge < -0.3 is 9.47 Å². The number of rotatable bonds is 8. The average Bonchev–Trinajstić information content (AvgIpc) is 2.32. The third-order valence-electron chi connectivity index (χ3n) is 3.03. The van der Waals surface area contributed by atoms with Crippen molar-refractivity contribution in [1.29, 1.82) is 0 Å². The summed E-state index contributed by atoms with van der Waals surface area (Å²) in [5.41, 5.74) is 0.667. The molecule has 0 aromatic rings. The summed E-state index contributed by atoms with van der Waals surface area (Å²) in [6.45, 7) is 9.72. The molecule has 4 heteroatoms. The lowest BCUT2D eigenvalue weighted by molar-refractivity contribution is -0.139. The molecule has 3 unspecified atom stereocenters. The van der Waals surface area contributed by atoms with E-state index in [1.165, 1.54) is 6.08 Å². The molecule has 0 heterocycles. The molecule has 0 aromatic carbocycles. The van der Waals surface area contributed by atoms with Gasteiger partial charge in [-0.3, -0.25) is 0 Å². The quantitative estimate of drug-likeness (QED) is 0.371. The lowest BCUT2D eigenvalue weighted by Gasteiger charge is -2.25. The Morgan fingerprint density at radius 1 is 1.44 bits per heavy atom. The lowest BCUT2D eigenvalue weighted by Crippen LogP contribution is -2.31. The van der Waals surface area contributed by atoms with E-state index in [0.29, 0.717) is 5.54 Å². The number of hydrogen-bond acceptors (Lipinski definition) is 3. The van der Waals surface area contributed by atoms with Crippen LogP contribution in [0.3, 0.4) is 0 Å². The topological polar surface area (TPSA) is 35.5 Å². The van der Waals surface area contributed by atoms with Gasteiger partial charge in [0, 0.05) is 13.2 Å². The van der Waals surface area contributed by atoms with Crippen LogP contribution in [-0.4, -0.2) is 34.4 Å². The van der Waals surface area contributed by atoms with Crippen LogP contribution in [-0.2, 0) is 14.3 Å². The molecule has 94 valence electrons. The molecule has 0 spiro atoms. The highest BCUT2D eigenvalue weighted by Crippen LogP contribution is 2.19. The standard InChI is InChI=1S/C12H24O3Si/c1-6-10(9(4)14-5)16-12(8-3)15-11(13)7-2/h7,9-10,12H,2,6,8,16H2,1,3-5H3. The van der Waals surface area contributed by atoms with Crippen LogP contribution in [0, 0.1) is 0 Å². The molecule has 0 saturated carbocycles. The largest absolute Gasteiger partial charge is 0.464 e. The van der Waals surface area contributed by atoms with Gasteiger partial charge in [-0.05, 0) is 18.9 Å². The summed E-state index contributed by atoms with van der Waals surface area (Å²) in [7, 11) is 1.25. The minimum Gasteiger partial charge on any atom is -0.464 e. The summed E-state index contributed by atoms with van der Waals surface area (Å²) in [4.78, 5) is 11.1. The maximum atomic E-state index is 11.1. The summed E-state index contributed by atoms with van der Waals surface area (Å²) in [6, 6.07) is 0. The predicted octanol–water partition coefficient (Wildman–Crippen LogP) is 1.85. The first-order valence-electron chi connectivity index (χ1n) is 5.94. The van der Waals surface area contributed by atoms with Crippen LogP contribution in [0.15, 0.2) is 12.7 Å². The van der Waals surface area contributed by atoms with Crippen LogP contribution in [0.25, 0.3) is 0 Å². The van der Waals surface area contributed by atoms with Crippen LogP contribution < -0.4 is 0 Å². The molecule has 16 heavy (non-hydrogen) atoms. The minimum atomic E-state index is -0.487. The van der Waals surface area contributed by atoms with Crippen molar-refractivity contribution in [1.82, 2.24) is 0 Å². The van der Waals surface area contributed by atoms with Crippen LogP contribution in [0.4, 0.5) is 0 Å². The van der Waals surface area contributed by atoms with Crippen LogP contribution in [0.2, 0.25) is 5.54 Å². The third-order valence-corrected chi connectivity index (χ3v) is 6.15. The zero-order valence-corrected chi connectivity index (χ0v) is 12.3. The molecule has 0 aliphatic rings. The van der Waals surface area contributed by atoms with Crippen molar-refractivity contribution in [2.24, 2.45) is 0 Å².